The first kappa shape index (κ1) is 19.1. The molecule has 1 fully saturated rings. The van der Waals surface area contributed by atoms with Crippen LogP contribution in [-0.4, -0.2) is 34.7 Å². The zero-order valence-corrected chi connectivity index (χ0v) is 17.3. The third-order valence-electron chi connectivity index (χ3n) is 6.57. The Hall–Kier alpha value is -2.92. The van der Waals surface area contributed by atoms with Gasteiger partial charge in [0, 0.05) is 49.6 Å². The number of benzene rings is 1. The first-order valence-electron chi connectivity index (χ1n) is 10.7. The number of rotatable bonds is 5. The van der Waals surface area contributed by atoms with Crippen molar-refractivity contribution in [2.45, 2.75) is 31.3 Å². The van der Waals surface area contributed by atoms with Crippen molar-refractivity contribution >= 4 is 0 Å². The minimum absolute atomic E-state index is 0.133. The van der Waals surface area contributed by atoms with E-state index in [9.17, 15) is 4.79 Å². The summed E-state index contributed by atoms with van der Waals surface area (Å²) in [4.78, 5) is 19.7. The van der Waals surface area contributed by atoms with Crippen molar-refractivity contribution in [3.05, 3.63) is 94.2 Å². The Bertz CT molecular complexity index is 1080. The summed E-state index contributed by atoms with van der Waals surface area (Å²) in [5, 5.41) is 0. The molecule has 0 N–H and O–H groups in total. The molecule has 5 rings (SSSR count). The van der Waals surface area contributed by atoms with E-state index in [0.717, 1.165) is 38.2 Å². The van der Waals surface area contributed by atoms with Crippen LogP contribution in [0.4, 0.5) is 0 Å². The van der Waals surface area contributed by atoms with Crippen molar-refractivity contribution in [2.24, 2.45) is 5.92 Å². The third-order valence-corrected chi connectivity index (χ3v) is 6.57. The van der Waals surface area contributed by atoms with Gasteiger partial charge in [0.05, 0.1) is 13.3 Å². The zero-order chi connectivity index (χ0) is 20.5. The van der Waals surface area contributed by atoms with E-state index in [1.54, 1.807) is 19.4 Å². The molecule has 1 aromatic carbocycles. The van der Waals surface area contributed by atoms with Gasteiger partial charge < -0.3 is 9.30 Å². The van der Waals surface area contributed by atoms with E-state index in [1.165, 1.54) is 16.8 Å². The summed E-state index contributed by atoms with van der Waals surface area (Å²) in [5.74, 6) is 1.64. The standard InChI is InChI=1S/C25H27N3O2/c1-30-22-10-19(13-26-14-22)15-27-16-20-12-21(17-27)24(11-18-6-3-2-4-7-18)28-23(20)8-5-9-25(28)29/h2-10,13-14,20-21,24H,11-12,15-17H2,1H3/t20-,21+,24+/m1/s1. The Kier molecular flexibility index (Phi) is 5.13. The van der Waals surface area contributed by atoms with Gasteiger partial charge in [0.15, 0.2) is 0 Å². The fraction of sp³-hybridized carbons (Fsp3) is 0.360. The van der Waals surface area contributed by atoms with Crippen molar-refractivity contribution in [2.75, 3.05) is 20.2 Å². The fourth-order valence-electron chi connectivity index (χ4n) is 5.30. The first-order valence-corrected chi connectivity index (χ1v) is 10.7. The minimum Gasteiger partial charge on any atom is -0.495 e. The van der Waals surface area contributed by atoms with Gasteiger partial charge >= 0.3 is 0 Å². The molecule has 2 aliphatic rings. The second-order valence-corrected chi connectivity index (χ2v) is 8.54. The Morgan fingerprint density at radius 3 is 2.73 bits per heavy atom. The maximum atomic E-state index is 12.9. The zero-order valence-electron chi connectivity index (χ0n) is 17.3. The normalized spacial score (nSPS) is 23.0. The predicted molar refractivity (Wildman–Crippen MR) is 117 cm³/mol. The van der Waals surface area contributed by atoms with Gasteiger partial charge in [-0.05, 0) is 42.0 Å². The van der Waals surface area contributed by atoms with E-state index in [-0.39, 0.29) is 11.6 Å². The van der Waals surface area contributed by atoms with E-state index in [2.05, 4.69) is 50.8 Å². The minimum atomic E-state index is 0.133. The van der Waals surface area contributed by atoms with Crippen LogP contribution in [0.5, 0.6) is 5.75 Å². The second-order valence-electron chi connectivity index (χ2n) is 8.54. The maximum absolute atomic E-state index is 12.9. The van der Waals surface area contributed by atoms with Crippen LogP contribution in [0.15, 0.2) is 71.8 Å². The van der Waals surface area contributed by atoms with Crippen LogP contribution >= 0.6 is 0 Å². The largest absolute Gasteiger partial charge is 0.495 e. The number of ether oxygens (including phenoxy) is 1. The first-order chi connectivity index (χ1) is 14.7. The average molecular weight is 402 g/mol. The molecule has 0 amide bonds. The van der Waals surface area contributed by atoms with Crippen LogP contribution in [0, 0.1) is 5.92 Å². The number of fused-ring (bicyclic) bond motifs is 4. The van der Waals surface area contributed by atoms with E-state index < -0.39 is 0 Å². The van der Waals surface area contributed by atoms with Crippen molar-refractivity contribution in [3.8, 4) is 5.75 Å². The lowest BCUT2D eigenvalue weighted by atomic mass is 9.76. The van der Waals surface area contributed by atoms with Crippen molar-refractivity contribution in [3.63, 3.8) is 0 Å². The number of piperidine rings is 1. The molecule has 0 saturated carbocycles. The summed E-state index contributed by atoms with van der Waals surface area (Å²) < 4.78 is 7.44. The highest BCUT2D eigenvalue weighted by Crippen LogP contribution is 2.42. The molecule has 2 aromatic heterocycles. The van der Waals surface area contributed by atoms with Gasteiger partial charge in [0.1, 0.15) is 5.75 Å². The Morgan fingerprint density at radius 2 is 1.90 bits per heavy atom. The van der Waals surface area contributed by atoms with Gasteiger partial charge in [-0.15, -0.1) is 0 Å². The molecule has 5 heteroatoms. The van der Waals surface area contributed by atoms with E-state index in [1.807, 2.05) is 18.3 Å². The highest BCUT2D eigenvalue weighted by molar-refractivity contribution is 5.25. The number of likely N-dealkylation sites (tertiary alicyclic amines) is 1. The van der Waals surface area contributed by atoms with Gasteiger partial charge in [0.2, 0.25) is 0 Å². The summed E-state index contributed by atoms with van der Waals surface area (Å²) in [6.45, 7) is 2.81. The fourth-order valence-corrected chi connectivity index (χ4v) is 5.30. The summed E-state index contributed by atoms with van der Waals surface area (Å²) in [5.41, 5.74) is 3.78. The highest BCUT2D eigenvalue weighted by atomic mass is 16.5. The molecule has 1 saturated heterocycles. The lowest BCUT2D eigenvalue weighted by Crippen LogP contribution is -2.49. The lowest BCUT2D eigenvalue weighted by molar-refractivity contribution is 0.0852. The van der Waals surface area contributed by atoms with Gasteiger partial charge in [-0.1, -0.05) is 36.4 Å². The number of hydrogen-bond acceptors (Lipinski definition) is 4. The molecule has 154 valence electrons. The molecule has 4 heterocycles. The van der Waals surface area contributed by atoms with Gasteiger partial charge in [-0.2, -0.15) is 0 Å². The van der Waals surface area contributed by atoms with E-state index in [0.29, 0.717) is 11.8 Å². The van der Waals surface area contributed by atoms with Crippen LogP contribution < -0.4 is 10.3 Å². The molecule has 5 nitrogen and oxygen atoms in total. The summed E-state index contributed by atoms with van der Waals surface area (Å²) in [6.07, 6.45) is 5.71. The van der Waals surface area contributed by atoms with Crippen LogP contribution in [-0.2, 0) is 13.0 Å². The smallest absolute Gasteiger partial charge is 0.251 e. The van der Waals surface area contributed by atoms with Crippen LogP contribution in [0.3, 0.4) is 0 Å². The average Bonchev–Trinajstić information content (AvgIpc) is 2.77. The van der Waals surface area contributed by atoms with Gasteiger partial charge in [0.25, 0.3) is 5.56 Å². The topological polar surface area (TPSA) is 47.4 Å². The van der Waals surface area contributed by atoms with Crippen molar-refractivity contribution in [1.29, 1.82) is 0 Å². The Morgan fingerprint density at radius 1 is 1.03 bits per heavy atom. The Balaban J connectivity index is 1.46. The van der Waals surface area contributed by atoms with Gasteiger partial charge in [-0.3, -0.25) is 14.7 Å². The molecule has 3 aromatic rings. The molecule has 0 radical (unpaired) electrons. The molecule has 0 spiro atoms. The number of aromatic nitrogens is 2. The van der Waals surface area contributed by atoms with Gasteiger partial charge in [-0.25, -0.2) is 0 Å². The summed E-state index contributed by atoms with van der Waals surface area (Å²) in [7, 11) is 1.68. The molecule has 30 heavy (non-hydrogen) atoms. The predicted octanol–water partition coefficient (Wildman–Crippen LogP) is 3.66. The number of pyridine rings is 2. The molecule has 3 atom stereocenters. The van der Waals surface area contributed by atoms with Crippen LogP contribution in [0.2, 0.25) is 0 Å². The molecule has 0 aliphatic carbocycles. The number of hydrogen-bond donors (Lipinski definition) is 0. The molecular formula is C25H27N3O2. The van der Waals surface area contributed by atoms with Crippen molar-refractivity contribution < 1.29 is 4.74 Å². The Labute approximate surface area is 177 Å². The molecule has 2 aliphatic heterocycles. The third kappa shape index (κ3) is 3.65. The van der Waals surface area contributed by atoms with Crippen LogP contribution in [0.25, 0.3) is 0 Å². The molecular weight excluding hydrogens is 374 g/mol. The second kappa shape index (κ2) is 8.07. The highest BCUT2D eigenvalue weighted by Gasteiger charge is 2.40. The summed E-state index contributed by atoms with van der Waals surface area (Å²) in [6, 6.07) is 18.6. The number of nitrogens with zero attached hydrogens (tertiary/aromatic N) is 3. The SMILES string of the molecule is COc1cncc(CN2C[C@H]3C[C@@H](C2)[C@H](Cc2ccccc2)n2c3cccc2=O)c1. The van der Waals surface area contributed by atoms with E-state index in [4.69, 9.17) is 4.74 Å². The monoisotopic (exact) mass is 401 g/mol. The van der Waals surface area contributed by atoms with E-state index >= 15 is 0 Å². The molecule has 2 bridgehead atoms. The molecule has 0 unspecified atom stereocenters. The number of methoxy groups -OCH3 is 1. The maximum Gasteiger partial charge on any atom is 0.251 e. The van der Waals surface area contributed by atoms with Crippen molar-refractivity contribution in [1.82, 2.24) is 14.5 Å². The van der Waals surface area contributed by atoms with Crippen LogP contribution in [0.1, 0.15) is 35.2 Å². The lowest BCUT2D eigenvalue weighted by Gasteiger charge is -2.47. The quantitative estimate of drug-likeness (QED) is 0.655. The summed E-state index contributed by atoms with van der Waals surface area (Å²) >= 11 is 0.